The van der Waals surface area contributed by atoms with Crippen LogP contribution in [0.1, 0.15) is 13.8 Å². The standard InChI is InChI=1S/C8H9N2O2/c1-6-3-7(2)12-10(6)8-4-9-11-5-8/h4-5,7H,1-2H3. The smallest absolute Gasteiger partial charge is 0.149 e. The predicted octanol–water partition coefficient (Wildman–Crippen LogP) is 1.52. The lowest BCUT2D eigenvalue weighted by Gasteiger charge is -2.16. The molecular formula is C8H9N2O2. The molecule has 1 unspecified atom stereocenters. The Kier molecular flexibility index (Phi) is 1.62. The second kappa shape index (κ2) is 2.64. The van der Waals surface area contributed by atoms with Gasteiger partial charge in [-0.15, -0.1) is 0 Å². The van der Waals surface area contributed by atoms with E-state index in [9.17, 15) is 0 Å². The molecule has 12 heavy (non-hydrogen) atoms. The Bertz CT molecular complexity index is 292. The van der Waals surface area contributed by atoms with Crippen LogP contribution in [0.2, 0.25) is 0 Å². The maximum absolute atomic E-state index is 5.40. The van der Waals surface area contributed by atoms with Gasteiger partial charge in [-0.2, -0.15) is 0 Å². The van der Waals surface area contributed by atoms with E-state index in [4.69, 9.17) is 9.36 Å². The number of anilines is 1. The summed E-state index contributed by atoms with van der Waals surface area (Å²) in [6.07, 6.45) is 6.24. The molecule has 2 heterocycles. The molecule has 63 valence electrons. The third-order valence-corrected chi connectivity index (χ3v) is 1.63. The van der Waals surface area contributed by atoms with Gasteiger partial charge < -0.3 is 4.52 Å². The summed E-state index contributed by atoms with van der Waals surface area (Å²) in [5, 5.41) is 5.24. The summed E-state index contributed by atoms with van der Waals surface area (Å²) in [6, 6.07) is 0. The molecule has 4 nitrogen and oxygen atoms in total. The summed E-state index contributed by atoms with van der Waals surface area (Å²) in [5.74, 6) is 0. The Labute approximate surface area is 70.4 Å². The van der Waals surface area contributed by atoms with Crippen LogP contribution in [0.3, 0.4) is 0 Å². The molecule has 1 aliphatic heterocycles. The van der Waals surface area contributed by atoms with Gasteiger partial charge in [-0.3, -0.25) is 4.84 Å². The molecule has 1 aromatic rings. The van der Waals surface area contributed by atoms with Gasteiger partial charge in [-0.25, -0.2) is 5.06 Å². The molecule has 0 aromatic carbocycles. The van der Waals surface area contributed by atoms with E-state index in [2.05, 4.69) is 11.2 Å². The first-order chi connectivity index (χ1) is 5.77. The van der Waals surface area contributed by atoms with Crippen LogP contribution < -0.4 is 5.06 Å². The molecule has 1 atom stereocenters. The maximum atomic E-state index is 5.40. The van der Waals surface area contributed by atoms with Crippen molar-refractivity contribution in [3.63, 3.8) is 0 Å². The van der Waals surface area contributed by atoms with Crippen molar-refractivity contribution in [3.05, 3.63) is 24.2 Å². The normalized spacial score (nSPS) is 23.0. The molecule has 0 fully saturated rings. The van der Waals surface area contributed by atoms with Crippen molar-refractivity contribution in [2.75, 3.05) is 5.06 Å². The Morgan fingerprint density at radius 2 is 2.50 bits per heavy atom. The number of rotatable bonds is 1. The largest absolute Gasteiger partial charge is 0.362 e. The van der Waals surface area contributed by atoms with Gasteiger partial charge in [-0.1, -0.05) is 5.16 Å². The van der Waals surface area contributed by atoms with Gasteiger partial charge in [0, 0.05) is 6.08 Å². The molecule has 0 saturated carbocycles. The van der Waals surface area contributed by atoms with Crippen molar-refractivity contribution < 1.29 is 9.36 Å². The van der Waals surface area contributed by atoms with Crippen molar-refractivity contribution in [2.45, 2.75) is 20.0 Å². The molecule has 4 heteroatoms. The van der Waals surface area contributed by atoms with Crippen LogP contribution >= 0.6 is 0 Å². The molecule has 0 amide bonds. The first kappa shape index (κ1) is 7.36. The third-order valence-electron chi connectivity index (χ3n) is 1.63. The van der Waals surface area contributed by atoms with Crippen LogP contribution in [0.4, 0.5) is 5.69 Å². The number of hydrogen-bond donors (Lipinski definition) is 0. The summed E-state index contributed by atoms with van der Waals surface area (Å²) in [4.78, 5) is 5.40. The number of aromatic nitrogens is 1. The molecule has 0 spiro atoms. The maximum Gasteiger partial charge on any atom is 0.149 e. The molecule has 0 bridgehead atoms. The fraction of sp³-hybridized carbons (Fsp3) is 0.375. The monoisotopic (exact) mass is 165 g/mol. The lowest BCUT2D eigenvalue weighted by molar-refractivity contribution is 0.108. The highest BCUT2D eigenvalue weighted by Gasteiger charge is 2.21. The van der Waals surface area contributed by atoms with E-state index in [0.29, 0.717) is 0 Å². The minimum atomic E-state index is -0.0000926. The molecule has 1 aliphatic rings. The average Bonchev–Trinajstić information content (AvgIpc) is 2.58. The van der Waals surface area contributed by atoms with E-state index in [-0.39, 0.29) is 6.10 Å². The second-order valence-electron chi connectivity index (χ2n) is 2.65. The quantitative estimate of drug-likeness (QED) is 0.632. The Morgan fingerprint density at radius 1 is 1.67 bits per heavy atom. The second-order valence-corrected chi connectivity index (χ2v) is 2.65. The van der Waals surface area contributed by atoms with Crippen molar-refractivity contribution >= 4 is 5.69 Å². The summed E-state index contributed by atoms with van der Waals surface area (Å²) in [5.41, 5.74) is 1.73. The fourth-order valence-corrected chi connectivity index (χ4v) is 1.17. The molecule has 0 saturated heterocycles. The Morgan fingerprint density at radius 3 is 3.00 bits per heavy atom. The van der Waals surface area contributed by atoms with Gasteiger partial charge in [0.05, 0.1) is 11.9 Å². The Balaban J connectivity index is 2.23. The van der Waals surface area contributed by atoms with Gasteiger partial charge >= 0.3 is 0 Å². The first-order valence-electron chi connectivity index (χ1n) is 3.74. The van der Waals surface area contributed by atoms with Crippen molar-refractivity contribution in [1.29, 1.82) is 0 Å². The summed E-state index contributed by atoms with van der Waals surface area (Å²) in [6.45, 7) is 3.85. The van der Waals surface area contributed by atoms with E-state index in [1.807, 2.05) is 13.8 Å². The van der Waals surface area contributed by atoms with E-state index in [1.54, 1.807) is 11.3 Å². The molecule has 1 radical (unpaired) electrons. The van der Waals surface area contributed by atoms with E-state index >= 15 is 0 Å². The lowest BCUT2D eigenvalue weighted by Crippen LogP contribution is -2.17. The van der Waals surface area contributed by atoms with Gasteiger partial charge in [0.2, 0.25) is 0 Å². The topological polar surface area (TPSA) is 38.5 Å². The van der Waals surface area contributed by atoms with Crippen molar-refractivity contribution in [2.24, 2.45) is 0 Å². The predicted molar refractivity (Wildman–Crippen MR) is 42.0 cm³/mol. The highest BCUT2D eigenvalue weighted by molar-refractivity contribution is 5.45. The van der Waals surface area contributed by atoms with Gasteiger partial charge in [0.1, 0.15) is 18.1 Å². The average molecular weight is 165 g/mol. The highest BCUT2D eigenvalue weighted by Crippen LogP contribution is 2.24. The molecule has 0 aliphatic carbocycles. The Hall–Kier alpha value is -1.29. The number of nitrogens with zero attached hydrogens (tertiary/aromatic N) is 2. The zero-order valence-electron chi connectivity index (χ0n) is 6.94. The summed E-state index contributed by atoms with van der Waals surface area (Å²) in [7, 11) is 0. The van der Waals surface area contributed by atoms with Gasteiger partial charge in [0.25, 0.3) is 0 Å². The van der Waals surface area contributed by atoms with Crippen LogP contribution in [-0.4, -0.2) is 11.3 Å². The zero-order chi connectivity index (χ0) is 8.55. The molecule has 0 N–H and O–H groups in total. The van der Waals surface area contributed by atoms with Crippen LogP contribution in [0.5, 0.6) is 0 Å². The van der Waals surface area contributed by atoms with Crippen LogP contribution in [0.15, 0.2) is 22.7 Å². The van der Waals surface area contributed by atoms with Crippen LogP contribution in [0, 0.1) is 6.08 Å². The lowest BCUT2D eigenvalue weighted by atomic mass is 10.3. The number of hydroxylamine groups is 1. The van der Waals surface area contributed by atoms with E-state index < -0.39 is 0 Å². The molecule has 2 rings (SSSR count). The zero-order valence-corrected chi connectivity index (χ0v) is 6.94. The van der Waals surface area contributed by atoms with Crippen molar-refractivity contribution in [3.8, 4) is 0 Å². The van der Waals surface area contributed by atoms with Crippen LogP contribution in [0.25, 0.3) is 0 Å². The van der Waals surface area contributed by atoms with E-state index in [1.165, 1.54) is 6.26 Å². The first-order valence-corrected chi connectivity index (χ1v) is 3.74. The number of hydrogen-bond acceptors (Lipinski definition) is 4. The third kappa shape index (κ3) is 1.10. The summed E-state index contributed by atoms with van der Waals surface area (Å²) >= 11 is 0. The molecular weight excluding hydrogens is 156 g/mol. The number of allylic oxidation sites excluding steroid dienone is 1. The minimum absolute atomic E-state index is 0.0000926. The SMILES string of the molecule is CC1=[C]C(C)ON1c1cnoc1. The molecule has 1 aromatic heterocycles. The van der Waals surface area contributed by atoms with Gasteiger partial charge in [0.15, 0.2) is 0 Å². The van der Waals surface area contributed by atoms with Crippen molar-refractivity contribution in [1.82, 2.24) is 5.16 Å². The van der Waals surface area contributed by atoms with E-state index in [0.717, 1.165) is 11.4 Å². The van der Waals surface area contributed by atoms with Crippen LogP contribution in [-0.2, 0) is 4.84 Å². The highest BCUT2D eigenvalue weighted by atomic mass is 16.7. The minimum Gasteiger partial charge on any atom is -0.362 e. The fourth-order valence-electron chi connectivity index (χ4n) is 1.17. The van der Waals surface area contributed by atoms with Gasteiger partial charge in [-0.05, 0) is 13.8 Å². The summed E-state index contributed by atoms with van der Waals surface area (Å²) < 4.78 is 4.70.